The van der Waals surface area contributed by atoms with Gasteiger partial charge in [0.1, 0.15) is 5.54 Å². The molecule has 8 heteroatoms. The first-order valence-corrected chi connectivity index (χ1v) is 12.4. The molecule has 0 aromatic heterocycles. The largest absolute Gasteiger partial charge is 0.351 e. The Balaban J connectivity index is 2.01. The van der Waals surface area contributed by atoms with Gasteiger partial charge in [-0.1, -0.05) is 25.8 Å². The van der Waals surface area contributed by atoms with Crippen molar-refractivity contribution in [3.63, 3.8) is 0 Å². The molecule has 7 nitrogen and oxygen atoms in total. The quantitative estimate of drug-likeness (QED) is 0.744. The first-order valence-electron chi connectivity index (χ1n) is 10.8. The summed E-state index contributed by atoms with van der Waals surface area (Å²) in [5.74, 6) is -0.713. The maximum atomic E-state index is 13.5. The van der Waals surface area contributed by atoms with Gasteiger partial charge in [0.25, 0.3) is 0 Å². The zero-order valence-corrected chi connectivity index (χ0v) is 19.2. The average molecular weight is 436 g/mol. The van der Waals surface area contributed by atoms with Gasteiger partial charge in [-0.25, -0.2) is 8.42 Å². The molecule has 2 aliphatic rings. The lowest BCUT2D eigenvalue weighted by Crippen LogP contribution is -2.70. The minimum atomic E-state index is -3.61. The summed E-state index contributed by atoms with van der Waals surface area (Å²) in [7, 11) is -3.61. The molecule has 1 aliphatic carbocycles. The number of carbonyl (C=O) groups excluding carboxylic acids is 2. The Morgan fingerprint density at radius 3 is 2.47 bits per heavy atom. The molecular weight excluding hydrogens is 402 g/mol. The predicted octanol–water partition coefficient (Wildman–Crippen LogP) is 2.51. The monoisotopic (exact) mass is 435 g/mol. The molecule has 3 rings (SSSR count). The number of carbonyl (C=O) groups is 2. The van der Waals surface area contributed by atoms with Crippen LogP contribution in [0.5, 0.6) is 0 Å². The molecule has 1 aromatic rings. The molecule has 0 bridgehead atoms. The Hall–Kier alpha value is -1.93. The number of anilines is 1. The van der Waals surface area contributed by atoms with Gasteiger partial charge >= 0.3 is 0 Å². The van der Waals surface area contributed by atoms with Gasteiger partial charge in [-0.15, -0.1) is 0 Å². The number of hydrogen-bond donors (Lipinski definition) is 1. The molecule has 1 heterocycles. The first-order chi connectivity index (χ1) is 14.1. The average Bonchev–Trinajstić information content (AvgIpc) is 3.17. The third kappa shape index (κ3) is 4.39. The molecule has 30 heavy (non-hydrogen) atoms. The van der Waals surface area contributed by atoms with Crippen molar-refractivity contribution in [1.82, 2.24) is 9.62 Å². The lowest BCUT2D eigenvalue weighted by molar-refractivity contribution is -0.133. The van der Waals surface area contributed by atoms with Crippen molar-refractivity contribution in [2.45, 2.75) is 71.4 Å². The Morgan fingerprint density at radius 1 is 1.20 bits per heavy atom. The normalized spacial score (nSPS) is 23.7. The number of nitrogens with one attached hydrogen (secondary N) is 1. The molecule has 1 N–H and O–H groups in total. The molecule has 0 unspecified atom stereocenters. The number of rotatable bonds is 6. The van der Waals surface area contributed by atoms with Gasteiger partial charge in [0.2, 0.25) is 21.8 Å². The summed E-state index contributed by atoms with van der Waals surface area (Å²) in [4.78, 5) is 28.2. The fraction of sp³-hybridized carbons (Fsp3) is 0.636. The van der Waals surface area contributed by atoms with Crippen LogP contribution in [0.15, 0.2) is 18.2 Å². The topological polar surface area (TPSA) is 86.8 Å². The molecule has 2 fully saturated rings. The van der Waals surface area contributed by atoms with Crippen LogP contribution in [0.2, 0.25) is 0 Å². The summed E-state index contributed by atoms with van der Waals surface area (Å²) in [6.07, 6.45) is 4.42. The molecule has 166 valence electrons. The molecule has 1 saturated carbocycles. The smallest absolute Gasteiger partial charge is 0.247 e. The Labute approximate surface area is 179 Å². The summed E-state index contributed by atoms with van der Waals surface area (Å²) in [5, 5.41) is 3.09. The van der Waals surface area contributed by atoms with Crippen molar-refractivity contribution in [3.8, 4) is 0 Å². The van der Waals surface area contributed by atoms with E-state index in [4.69, 9.17) is 0 Å². The van der Waals surface area contributed by atoms with Crippen LogP contribution in [0.4, 0.5) is 5.69 Å². The number of aryl methyl sites for hydroxylation is 2. The molecule has 1 atom stereocenters. The highest BCUT2D eigenvalue weighted by molar-refractivity contribution is 7.89. The zero-order valence-electron chi connectivity index (χ0n) is 18.4. The number of amides is 2. The van der Waals surface area contributed by atoms with E-state index in [-0.39, 0.29) is 36.7 Å². The van der Waals surface area contributed by atoms with E-state index in [9.17, 15) is 18.0 Å². The Kier molecular flexibility index (Phi) is 6.57. The second-order valence-electron chi connectivity index (χ2n) is 8.81. The van der Waals surface area contributed by atoms with Gasteiger partial charge in [0.15, 0.2) is 0 Å². The number of hydrogen-bond acceptors (Lipinski definition) is 4. The summed E-state index contributed by atoms with van der Waals surface area (Å²) in [5.41, 5.74) is 1.41. The highest BCUT2D eigenvalue weighted by Gasteiger charge is 2.51. The van der Waals surface area contributed by atoms with Crippen LogP contribution < -0.4 is 10.2 Å². The van der Waals surface area contributed by atoms with E-state index >= 15 is 0 Å². The minimum Gasteiger partial charge on any atom is -0.351 e. The lowest BCUT2D eigenvalue weighted by Gasteiger charge is -2.47. The van der Waals surface area contributed by atoms with E-state index < -0.39 is 15.6 Å². The van der Waals surface area contributed by atoms with Crippen molar-refractivity contribution in [3.05, 3.63) is 29.3 Å². The van der Waals surface area contributed by atoms with Gasteiger partial charge in [0.05, 0.1) is 12.3 Å². The molecule has 1 aliphatic heterocycles. The van der Waals surface area contributed by atoms with Crippen LogP contribution >= 0.6 is 0 Å². The minimum absolute atomic E-state index is 0.0375. The Morgan fingerprint density at radius 2 is 1.87 bits per heavy atom. The van der Waals surface area contributed by atoms with E-state index in [1.165, 1.54) is 9.21 Å². The van der Waals surface area contributed by atoms with Gasteiger partial charge in [-0.3, -0.25) is 14.5 Å². The van der Waals surface area contributed by atoms with Crippen molar-refractivity contribution in [1.29, 1.82) is 0 Å². The van der Waals surface area contributed by atoms with Crippen LogP contribution in [0.3, 0.4) is 0 Å². The fourth-order valence-corrected chi connectivity index (χ4v) is 5.96. The summed E-state index contributed by atoms with van der Waals surface area (Å²) < 4.78 is 26.7. The fourth-order valence-electron chi connectivity index (χ4n) is 4.43. The molecule has 2 amide bonds. The highest BCUT2D eigenvalue weighted by Crippen LogP contribution is 2.32. The van der Waals surface area contributed by atoms with Crippen LogP contribution in [-0.4, -0.2) is 55.0 Å². The van der Waals surface area contributed by atoms with Crippen molar-refractivity contribution in [2.24, 2.45) is 0 Å². The molecule has 0 radical (unpaired) electrons. The van der Waals surface area contributed by atoms with E-state index in [2.05, 4.69) is 5.32 Å². The number of piperazine rings is 1. The van der Waals surface area contributed by atoms with E-state index in [0.29, 0.717) is 12.1 Å². The lowest BCUT2D eigenvalue weighted by atomic mass is 9.93. The molecule has 0 spiro atoms. The third-order valence-electron chi connectivity index (χ3n) is 6.32. The van der Waals surface area contributed by atoms with Crippen molar-refractivity contribution in [2.75, 3.05) is 23.7 Å². The van der Waals surface area contributed by atoms with Crippen LogP contribution in [0.1, 0.15) is 57.1 Å². The second kappa shape index (κ2) is 8.67. The van der Waals surface area contributed by atoms with Gasteiger partial charge in [-0.05, 0) is 63.3 Å². The zero-order chi connectivity index (χ0) is 22.1. The Bertz CT molecular complexity index is 924. The van der Waals surface area contributed by atoms with Gasteiger partial charge in [0, 0.05) is 18.3 Å². The summed E-state index contributed by atoms with van der Waals surface area (Å²) in [6.45, 7) is 7.12. The van der Waals surface area contributed by atoms with Crippen LogP contribution in [0, 0.1) is 13.8 Å². The number of benzene rings is 1. The van der Waals surface area contributed by atoms with Crippen molar-refractivity contribution < 1.29 is 18.0 Å². The molecule has 1 saturated heterocycles. The number of sulfonamides is 1. The maximum Gasteiger partial charge on any atom is 0.247 e. The summed E-state index contributed by atoms with van der Waals surface area (Å²) >= 11 is 0. The maximum absolute atomic E-state index is 13.5. The van der Waals surface area contributed by atoms with Crippen LogP contribution in [0.25, 0.3) is 0 Å². The molecular formula is C22H33N3O4S. The molecule has 1 aromatic carbocycles. The standard InChI is InChI=1S/C22H33N3O4S/c1-5-12-30(28,29)24-14-20(26)25(19-11-10-16(2)17(3)13-19)22(4,15-24)21(27)23-18-8-6-7-9-18/h10-11,13,18H,5-9,12,14-15H2,1-4H3,(H,23,27)/t22-/m1/s1. The predicted molar refractivity (Wildman–Crippen MR) is 118 cm³/mol. The van der Waals surface area contributed by atoms with Crippen molar-refractivity contribution >= 4 is 27.5 Å². The van der Waals surface area contributed by atoms with E-state index in [0.717, 1.165) is 36.8 Å². The van der Waals surface area contributed by atoms with Gasteiger partial charge < -0.3 is 5.32 Å². The SMILES string of the molecule is CCCS(=O)(=O)N1CC(=O)N(c2ccc(C)c(C)c2)[C@@](C)(C(=O)NC2CCCC2)C1. The van der Waals surface area contributed by atoms with Crippen LogP contribution in [-0.2, 0) is 19.6 Å². The van der Waals surface area contributed by atoms with Gasteiger partial charge in [-0.2, -0.15) is 4.31 Å². The number of nitrogens with zero attached hydrogens (tertiary/aromatic N) is 2. The highest BCUT2D eigenvalue weighted by atomic mass is 32.2. The van der Waals surface area contributed by atoms with E-state index in [1.807, 2.05) is 32.0 Å². The van der Waals surface area contributed by atoms with E-state index in [1.54, 1.807) is 13.8 Å². The summed E-state index contributed by atoms with van der Waals surface area (Å²) in [6, 6.07) is 5.73. The third-order valence-corrected chi connectivity index (χ3v) is 8.29. The second-order valence-corrected chi connectivity index (χ2v) is 10.9. The first kappa shape index (κ1) is 22.7.